The number of carboxylic acid groups (broad SMARTS) is 1. The van der Waals surface area contributed by atoms with Crippen molar-refractivity contribution in [3.63, 3.8) is 0 Å². The van der Waals surface area contributed by atoms with E-state index in [2.05, 4.69) is 4.99 Å². The minimum absolute atomic E-state index is 0.114. The molecule has 4 heteroatoms. The van der Waals surface area contributed by atoms with Crippen LogP contribution in [-0.4, -0.2) is 23.3 Å². The number of rotatable bonds is 3. The van der Waals surface area contributed by atoms with Crippen molar-refractivity contribution in [1.29, 1.82) is 0 Å². The molecular weight excluding hydrogens is 192 g/mol. The van der Waals surface area contributed by atoms with Gasteiger partial charge < -0.3 is 10.8 Å². The lowest BCUT2D eigenvalue weighted by atomic mass is 10.1. The largest absolute Gasteiger partial charge is 0.478 e. The van der Waals surface area contributed by atoms with E-state index in [9.17, 15) is 4.79 Å². The Balaban J connectivity index is 3.10. The SMILES string of the molecule is CC(C)N=Cc1cccc(C(=O)O)c1N. The molecule has 3 N–H and O–H groups in total. The summed E-state index contributed by atoms with van der Waals surface area (Å²) in [6, 6.07) is 5.04. The third-order valence-corrected chi connectivity index (χ3v) is 1.88. The second kappa shape index (κ2) is 4.59. The number of nitrogens with zero attached hydrogens (tertiary/aromatic N) is 1. The highest BCUT2D eigenvalue weighted by Gasteiger charge is 2.09. The zero-order chi connectivity index (χ0) is 11.4. The van der Waals surface area contributed by atoms with Crippen LogP contribution in [0.5, 0.6) is 0 Å². The Hall–Kier alpha value is -1.84. The Labute approximate surface area is 88.4 Å². The highest BCUT2D eigenvalue weighted by molar-refractivity contribution is 5.99. The smallest absolute Gasteiger partial charge is 0.337 e. The minimum atomic E-state index is -1.02. The molecule has 0 atom stereocenters. The Bertz CT molecular complexity index is 398. The van der Waals surface area contributed by atoms with Crippen molar-refractivity contribution < 1.29 is 9.90 Å². The fourth-order valence-corrected chi connectivity index (χ4v) is 1.11. The Morgan fingerprint density at radius 3 is 2.73 bits per heavy atom. The highest BCUT2D eigenvalue weighted by Crippen LogP contribution is 2.15. The number of benzene rings is 1. The molecule has 0 amide bonds. The molecule has 0 aromatic heterocycles. The van der Waals surface area contributed by atoms with Gasteiger partial charge in [-0.2, -0.15) is 0 Å². The maximum absolute atomic E-state index is 10.8. The molecule has 80 valence electrons. The van der Waals surface area contributed by atoms with Crippen molar-refractivity contribution in [2.24, 2.45) is 4.99 Å². The third-order valence-electron chi connectivity index (χ3n) is 1.88. The van der Waals surface area contributed by atoms with Crippen molar-refractivity contribution in [2.75, 3.05) is 5.73 Å². The summed E-state index contributed by atoms with van der Waals surface area (Å²) in [7, 11) is 0. The molecule has 0 aliphatic rings. The molecule has 0 fully saturated rings. The van der Waals surface area contributed by atoms with Crippen LogP contribution in [-0.2, 0) is 0 Å². The van der Waals surface area contributed by atoms with Crippen molar-refractivity contribution in [3.05, 3.63) is 29.3 Å². The molecule has 0 aliphatic carbocycles. The van der Waals surface area contributed by atoms with Gasteiger partial charge in [0.25, 0.3) is 0 Å². The number of nitrogen functional groups attached to an aromatic ring is 1. The first kappa shape index (κ1) is 11.2. The first-order chi connectivity index (χ1) is 7.02. The number of aromatic carboxylic acids is 1. The number of carbonyl (C=O) groups is 1. The van der Waals surface area contributed by atoms with Crippen molar-refractivity contribution in [1.82, 2.24) is 0 Å². The summed E-state index contributed by atoms with van der Waals surface area (Å²) in [5.74, 6) is -1.02. The van der Waals surface area contributed by atoms with E-state index in [0.717, 1.165) is 0 Å². The summed E-state index contributed by atoms with van der Waals surface area (Å²) in [5.41, 5.74) is 6.71. The monoisotopic (exact) mass is 206 g/mol. The van der Waals surface area contributed by atoms with E-state index < -0.39 is 5.97 Å². The van der Waals surface area contributed by atoms with Gasteiger partial charge in [0.05, 0.1) is 11.3 Å². The molecule has 0 spiro atoms. The first-order valence-corrected chi connectivity index (χ1v) is 4.67. The van der Waals surface area contributed by atoms with Crippen LogP contribution >= 0.6 is 0 Å². The fraction of sp³-hybridized carbons (Fsp3) is 0.273. The standard InChI is InChI=1S/C11H14N2O2/c1-7(2)13-6-8-4-3-5-9(10(8)12)11(14)15/h3-7H,12H2,1-2H3,(H,14,15). The van der Waals surface area contributed by atoms with Crippen LogP contribution in [0, 0.1) is 0 Å². The van der Waals surface area contributed by atoms with Crippen LogP contribution in [0.3, 0.4) is 0 Å². The van der Waals surface area contributed by atoms with Gasteiger partial charge in [-0.15, -0.1) is 0 Å². The summed E-state index contributed by atoms with van der Waals surface area (Å²) in [6.07, 6.45) is 1.60. The molecule has 0 aliphatic heterocycles. The lowest BCUT2D eigenvalue weighted by Crippen LogP contribution is -2.05. The fourth-order valence-electron chi connectivity index (χ4n) is 1.11. The molecular formula is C11H14N2O2. The Morgan fingerprint density at radius 2 is 2.20 bits per heavy atom. The summed E-state index contributed by atoms with van der Waals surface area (Å²) < 4.78 is 0. The summed E-state index contributed by atoms with van der Waals surface area (Å²) in [4.78, 5) is 14.9. The molecule has 1 aromatic carbocycles. The average molecular weight is 206 g/mol. The quantitative estimate of drug-likeness (QED) is 0.584. The number of carboxylic acids is 1. The van der Waals surface area contributed by atoms with Crippen LogP contribution in [0.4, 0.5) is 5.69 Å². The van der Waals surface area contributed by atoms with E-state index in [0.29, 0.717) is 5.56 Å². The van der Waals surface area contributed by atoms with Crippen molar-refractivity contribution in [2.45, 2.75) is 19.9 Å². The van der Waals surface area contributed by atoms with Crippen molar-refractivity contribution >= 4 is 17.9 Å². The van der Waals surface area contributed by atoms with Gasteiger partial charge in [-0.05, 0) is 19.9 Å². The zero-order valence-corrected chi connectivity index (χ0v) is 8.77. The Morgan fingerprint density at radius 1 is 1.53 bits per heavy atom. The molecule has 0 saturated heterocycles. The predicted molar refractivity (Wildman–Crippen MR) is 60.5 cm³/mol. The topological polar surface area (TPSA) is 75.7 Å². The van der Waals surface area contributed by atoms with Crippen LogP contribution in [0.2, 0.25) is 0 Å². The maximum Gasteiger partial charge on any atom is 0.337 e. The number of hydrogen-bond donors (Lipinski definition) is 2. The number of anilines is 1. The molecule has 15 heavy (non-hydrogen) atoms. The number of para-hydroxylation sites is 1. The molecule has 4 nitrogen and oxygen atoms in total. The van der Waals surface area contributed by atoms with Gasteiger partial charge in [-0.25, -0.2) is 4.79 Å². The van der Waals surface area contributed by atoms with Gasteiger partial charge in [0.1, 0.15) is 0 Å². The van der Waals surface area contributed by atoms with Crippen LogP contribution in [0.15, 0.2) is 23.2 Å². The molecule has 0 heterocycles. The van der Waals surface area contributed by atoms with E-state index in [1.54, 1.807) is 18.3 Å². The van der Waals surface area contributed by atoms with Gasteiger partial charge in [-0.3, -0.25) is 4.99 Å². The Kier molecular flexibility index (Phi) is 3.44. The van der Waals surface area contributed by atoms with Crippen molar-refractivity contribution in [3.8, 4) is 0 Å². The molecule has 1 rings (SSSR count). The van der Waals surface area contributed by atoms with E-state index in [-0.39, 0.29) is 17.3 Å². The summed E-state index contributed by atoms with van der Waals surface area (Å²) >= 11 is 0. The van der Waals surface area contributed by atoms with E-state index in [4.69, 9.17) is 10.8 Å². The second-order valence-corrected chi connectivity index (χ2v) is 3.49. The van der Waals surface area contributed by atoms with Gasteiger partial charge >= 0.3 is 5.97 Å². The first-order valence-electron chi connectivity index (χ1n) is 4.67. The number of aliphatic imine (C=N–C) groups is 1. The van der Waals surface area contributed by atoms with Gasteiger partial charge in [0.15, 0.2) is 0 Å². The average Bonchev–Trinajstić information content (AvgIpc) is 2.15. The van der Waals surface area contributed by atoms with Gasteiger partial charge in [0.2, 0.25) is 0 Å². The number of nitrogens with two attached hydrogens (primary N) is 1. The summed E-state index contributed by atoms with van der Waals surface area (Å²) in [6.45, 7) is 3.88. The maximum atomic E-state index is 10.8. The van der Waals surface area contributed by atoms with Crippen LogP contribution in [0.25, 0.3) is 0 Å². The predicted octanol–water partition coefficient (Wildman–Crippen LogP) is 1.79. The molecule has 0 unspecified atom stereocenters. The molecule has 0 saturated carbocycles. The van der Waals surface area contributed by atoms with E-state index in [1.807, 2.05) is 13.8 Å². The molecule has 1 aromatic rings. The lowest BCUT2D eigenvalue weighted by Gasteiger charge is -2.04. The minimum Gasteiger partial charge on any atom is -0.478 e. The molecule has 0 bridgehead atoms. The van der Waals surface area contributed by atoms with Gasteiger partial charge in [0, 0.05) is 17.8 Å². The summed E-state index contributed by atoms with van der Waals surface area (Å²) in [5, 5.41) is 8.84. The third kappa shape index (κ3) is 2.80. The zero-order valence-electron chi connectivity index (χ0n) is 8.77. The molecule has 0 radical (unpaired) electrons. The van der Waals surface area contributed by atoms with E-state index >= 15 is 0 Å². The van der Waals surface area contributed by atoms with E-state index in [1.165, 1.54) is 6.07 Å². The highest BCUT2D eigenvalue weighted by atomic mass is 16.4. The van der Waals surface area contributed by atoms with Crippen LogP contribution < -0.4 is 5.73 Å². The van der Waals surface area contributed by atoms with Gasteiger partial charge in [-0.1, -0.05) is 12.1 Å². The number of hydrogen-bond acceptors (Lipinski definition) is 3. The lowest BCUT2D eigenvalue weighted by molar-refractivity contribution is 0.0698. The normalized spacial score (nSPS) is 11.1. The van der Waals surface area contributed by atoms with Crippen LogP contribution in [0.1, 0.15) is 29.8 Å². The second-order valence-electron chi connectivity index (χ2n) is 3.49.